The van der Waals surface area contributed by atoms with E-state index in [1.165, 1.54) is 0 Å². The van der Waals surface area contributed by atoms with Crippen LogP contribution in [-0.2, 0) is 4.79 Å². The molecule has 2 amide bonds. The first kappa shape index (κ1) is 13.8. The van der Waals surface area contributed by atoms with Crippen LogP contribution in [0.25, 0.3) is 0 Å². The quantitative estimate of drug-likeness (QED) is 0.644. The number of carbonyl (C=O) groups excluding carboxylic acids is 1. The number of nitrogens with zero attached hydrogens (tertiary/aromatic N) is 1. The number of carbonyl (C=O) groups is 2. The van der Waals surface area contributed by atoms with Gasteiger partial charge in [-0.1, -0.05) is 13.3 Å². The van der Waals surface area contributed by atoms with Crippen LogP contribution < -0.4 is 11.1 Å². The zero-order valence-electron chi connectivity index (χ0n) is 10.2. The molecule has 2 atom stereocenters. The fourth-order valence-corrected chi connectivity index (χ4v) is 2.00. The number of aliphatic carboxylic acids is 1. The maximum Gasteiger partial charge on any atom is 0.326 e. The lowest BCUT2D eigenvalue weighted by Crippen LogP contribution is -2.47. The highest BCUT2D eigenvalue weighted by molar-refractivity contribution is 5.82. The molecule has 98 valence electrons. The number of nitrogens with two attached hydrogens (primary N) is 1. The summed E-state index contributed by atoms with van der Waals surface area (Å²) in [5, 5.41) is 11.5. The van der Waals surface area contributed by atoms with E-state index in [1.807, 2.05) is 6.92 Å². The number of hydrogen-bond donors (Lipinski definition) is 3. The molecule has 0 aromatic heterocycles. The van der Waals surface area contributed by atoms with E-state index < -0.39 is 12.0 Å². The first-order valence-electron chi connectivity index (χ1n) is 6.06. The van der Waals surface area contributed by atoms with Crippen LogP contribution in [0.2, 0.25) is 0 Å². The third kappa shape index (κ3) is 3.89. The molecular formula is C11H21N3O3. The van der Waals surface area contributed by atoms with Crippen LogP contribution in [-0.4, -0.2) is 47.7 Å². The molecule has 1 heterocycles. The number of hydrogen-bond acceptors (Lipinski definition) is 3. The van der Waals surface area contributed by atoms with Gasteiger partial charge in [0.05, 0.1) is 0 Å². The van der Waals surface area contributed by atoms with Crippen LogP contribution >= 0.6 is 0 Å². The van der Waals surface area contributed by atoms with Crippen LogP contribution in [0, 0.1) is 5.92 Å². The van der Waals surface area contributed by atoms with Crippen LogP contribution in [0.3, 0.4) is 0 Å². The highest BCUT2D eigenvalue weighted by atomic mass is 16.4. The number of carboxylic acids is 1. The standard InChI is InChI=1S/C11H21N3O3/c1-2-3-9(10(15)16)13-11(17)14-5-4-8(6-12)7-14/h8-9H,2-7,12H2,1H3,(H,13,17)(H,15,16). The first-order valence-corrected chi connectivity index (χ1v) is 6.06. The number of likely N-dealkylation sites (tertiary alicyclic amines) is 1. The Hall–Kier alpha value is -1.30. The Kier molecular flexibility index (Phi) is 5.21. The molecule has 1 aliphatic rings. The lowest BCUT2D eigenvalue weighted by Gasteiger charge is -2.20. The van der Waals surface area contributed by atoms with Gasteiger partial charge in [-0.05, 0) is 25.3 Å². The molecular weight excluding hydrogens is 222 g/mol. The fraction of sp³-hybridized carbons (Fsp3) is 0.818. The first-order chi connectivity index (χ1) is 8.08. The van der Waals surface area contributed by atoms with Gasteiger partial charge in [-0.25, -0.2) is 9.59 Å². The molecule has 0 aromatic rings. The Balaban J connectivity index is 2.45. The van der Waals surface area contributed by atoms with Gasteiger partial charge < -0.3 is 21.1 Å². The molecule has 0 aliphatic carbocycles. The van der Waals surface area contributed by atoms with E-state index in [1.54, 1.807) is 4.90 Å². The summed E-state index contributed by atoms with van der Waals surface area (Å²) in [6.45, 7) is 3.75. The van der Waals surface area contributed by atoms with E-state index in [-0.39, 0.29) is 6.03 Å². The second-order valence-electron chi connectivity index (χ2n) is 4.47. The zero-order valence-corrected chi connectivity index (χ0v) is 10.2. The summed E-state index contributed by atoms with van der Waals surface area (Å²) in [5.41, 5.74) is 5.54. The Morgan fingerprint density at radius 2 is 2.29 bits per heavy atom. The number of urea groups is 1. The van der Waals surface area contributed by atoms with Gasteiger partial charge in [0.15, 0.2) is 0 Å². The van der Waals surface area contributed by atoms with Crippen LogP contribution in [0.4, 0.5) is 4.79 Å². The summed E-state index contributed by atoms with van der Waals surface area (Å²) < 4.78 is 0. The van der Waals surface area contributed by atoms with E-state index >= 15 is 0 Å². The number of rotatable bonds is 5. The van der Waals surface area contributed by atoms with E-state index in [0.29, 0.717) is 32.0 Å². The zero-order chi connectivity index (χ0) is 12.8. The third-order valence-electron chi connectivity index (χ3n) is 3.08. The summed E-state index contributed by atoms with van der Waals surface area (Å²) in [5.74, 6) is -0.634. The minimum absolute atomic E-state index is 0.290. The van der Waals surface area contributed by atoms with Crippen molar-refractivity contribution < 1.29 is 14.7 Å². The van der Waals surface area contributed by atoms with Crippen molar-refractivity contribution in [1.82, 2.24) is 10.2 Å². The van der Waals surface area contributed by atoms with Gasteiger partial charge in [0, 0.05) is 13.1 Å². The van der Waals surface area contributed by atoms with E-state index in [9.17, 15) is 9.59 Å². The van der Waals surface area contributed by atoms with Crippen molar-refractivity contribution in [2.45, 2.75) is 32.2 Å². The summed E-state index contributed by atoms with van der Waals surface area (Å²) in [4.78, 5) is 24.4. The molecule has 1 fully saturated rings. The summed E-state index contributed by atoms with van der Waals surface area (Å²) >= 11 is 0. The number of amides is 2. The minimum Gasteiger partial charge on any atom is -0.480 e. The second-order valence-corrected chi connectivity index (χ2v) is 4.47. The van der Waals surface area contributed by atoms with Gasteiger partial charge in [-0.15, -0.1) is 0 Å². The molecule has 4 N–H and O–H groups in total. The molecule has 0 bridgehead atoms. The Morgan fingerprint density at radius 3 is 2.76 bits per heavy atom. The number of nitrogens with one attached hydrogen (secondary N) is 1. The SMILES string of the molecule is CCCC(NC(=O)N1CCC(CN)C1)C(=O)O. The van der Waals surface area contributed by atoms with Crippen molar-refractivity contribution in [1.29, 1.82) is 0 Å². The van der Waals surface area contributed by atoms with Crippen molar-refractivity contribution >= 4 is 12.0 Å². The van der Waals surface area contributed by atoms with Gasteiger partial charge in [0.25, 0.3) is 0 Å². The molecule has 2 unspecified atom stereocenters. The molecule has 1 saturated heterocycles. The molecule has 0 aromatic carbocycles. The highest BCUT2D eigenvalue weighted by Gasteiger charge is 2.28. The molecule has 0 radical (unpaired) electrons. The highest BCUT2D eigenvalue weighted by Crippen LogP contribution is 2.14. The molecule has 17 heavy (non-hydrogen) atoms. The second kappa shape index (κ2) is 6.44. The van der Waals surface area contributed by atoms with Crippen LogP contribution in [0.15, 0.2) is 0 Å². The average Bonchev–Trinajstić information content (AvgIpc) is 2.76. The molecule has 1 rings (SSSR count). The predicted molar refractivity (Wildman–Crippen MR) is 63.6 cm³/mol. The van der Waals surface area contributed by atoms with E-state index in [0.717, 1.165) is 12.8 Å². The maximum absolute atomic E-state index is 11.8. The van der Waals surface area contributed by atoms with Gasteiger partial charge in [-0.2, -0.15) is 0 Å². The smallest absolute Gasteiger partial charge is 0.326 e. The maximum atomic E-state index is 11.8. The Labute approximate surface area is 101 Å². The van der Waals surface area contributed by atoms with Gasteiger partial charge in [0.2, 0.25) is 0 Å². The molecule has 0 spiro atoms. The summed E-state index contributed by atoms with van der Waals surface area (Å²) in [7, 11) is 0. The van der Waals surface area contributed by atoms with Crippen molar-refractivity contribution in [3.63, 3.8) is 0 Å². The Morgan fingerprint density at radius 1 is 1.59 bits per heavy atom. The summed E-state index contributed by atoms with van der Waals surface area (Å²) in [6.07, 6.45) is 2.08. The normalized spacial score (nSPS) is 21.3. The molecule has 0 saturated carbocycles. The summed E-state index contributed by atoms with van der Waals surface area (Å²) in [6, 6.07) is -1.08. The lowest BCUT2D eigenvalue weighted by atomic mass is 10.1. The fourth-order valence-electron chi connectivity index (χ4n) is 2.00. The van der Waals surface area contributed by atoms with E-state index in [4.69, 9.17) is 10.8 Å². The van der Waals surface area contributed by atoms with Crippen LogP contribution in [0.5, 0.6) is 0 Å². The van der Waals surface area contributed by atoms with Crippen molar-refractivity contribution in [2.75, 3.05) is 19.6 Å². The molecule has 1 aliphatic heterocycles. The Bertz CT molecular complexity index is 283. The average molecular weight is 243 g/mol. The third-order valence-corrected chi connectivity index (χ3v) is 3.08. The molecule has 6 nitrogen and oxygen atoms in total. The molecule has 6 heteroatoms. The van der Waals surface area contributed by atoms with Gasteiger partial charge in [0.1, 0.15) is 6.04 Å². The largest absolute Gasteiger partial charge is 0.480 e. The topological polar surface area (TPSA) is 95.7 Å². The van der Waals surface area contributed by atoms with Gasteiger partial charge in [-0.3, -0.25) is 0 Å². The minimum atomic E-state index is -0.977. The lowest BCUT2D eigenvalue weighted by molar-refractivity contribution is -0.139. The van der Waals surface area contributed by atoms with Crippen molar-refractivity contribution in [3.8, 4) is 0 Å². The van der Waals surface area contributed by atoms with Gasteiger partial charge >= 0.3 is 12.0 Å². The van der Waals surface area contributed by atoms with Crippen molar-refractivity contribution in [2.24, 2.45) is 11.7 Å². The monoisotopic (exact) mass is 243 g/mol. The van der Waals surface area contributed by atoms with Crippen LogP contribution in [0.1, 0.15) is 26.2 Å². The number of carboxylic acid groups (broad SMARTS) is 1. The van der Waals surface area contributed by atoms with Crippen molar-refractivity contribution in [3.05, 3.63) is 0 Å². The predicted octanol–water partition coefficient (Wildman–Crippen LogP) is 0.230. The van der Waals surface area contributed by atoms with E-state index in [2.05, 4.69) is 5.32 Å².